The Balaban J connectivity index is 2.19. The van der Waals surface area contributed by atoms with Crippen molar-refractivity contribution in [2.24, 2.45) is 0 Å². The van der Waals surface area contributed by atoms with Crippen molar-refractivity contribution in [3.8, 4) is 0 Å². The van der Waals surface area contributed by atoms with Crippen LogP contribution in [0.1, 0.15) is 0 Å². The zero-order valence-electron chi connectivity index (χ0n) is 8.71. The molecule has 2 aromatic rings. The number of rotatable bonds is 3. The Morgan fingerprint density at radius 1 is 1.24 bits per heavy atom. The van der Waals surface area contributed by atoms with Gasteiger partial charge < -0.3 is 14.8 Å². The molecule has 0 aliphatic rings. The Bertz CT molecular complexity index is 597. The zero-order chi connectivity index (χ0) is 12.3. The maximum atomic E-state index is 11.4. The van der Waals surface area contributed by atoms with E-state index < -0.39 is 11.9 Å². The number of hydrogen-bond donors (Lipinski definition) is 2. The van der Waals surface area contributed by atoms with E-state index in [1.807, 2.05) is 12.1 Å². The summed E-state index contributed by atoms with van der Waals surface area (Å²) in [4.78, 5) is 21.6. The fraction of sp³-hybridized carbons (Fsp3) is 0. The number of amides is 1. The summed E-state index contributed by atoms with van der Waals surface area (Å²) >= 11 is 0. The zero-order valence-corrected chi connectivity index (χ0v) is 8.71. The van der Waals surface area contributed by atoms with Gasteiger partial charge in [-0.1, -0.05) is 12.1 Å². The normalized spacial score (nSPS) is 10.8. The molecule has 1 heterocycles. The van der Waals surface area contributed by atoms with E-state index in [0.29, 0.717) is 11.3 Å². The third-order valence-corrected chi connectivity index (χ3v) is 2.12. The predicted octanol–water partition coefficient (Wildman–Crippen LogP) is 2.01. The van der Waals surface area contributed by atoms with Crippen LogP contribution in [0.5, 0.6) is 0 Å². The van der Waals surface area contributed by atoms with Gasteiger partial charge in [0, 0.05) is 17.5 Å². The maximum absolute atomic E-state index is 11.4. The molecule has 0 radical (unpaired) electrons. The van der Waals surface area contributed by atoms with Crippen LogP contribution in [0.2, 0.25) is 0 Å². The van der Waals surface area contributed by atoms with Gasteiger partial charge in [-0.3, -0.25) is 4.79 Å². The Morgan fingerprint density at radius 2 is 2.00 bits per heavy atom. The van der Waals surface area contributed by atoms with Crippen LogP contribution >= 0.6 is 0 Å². The number of carbonyl (C=O) groups excluding carboxylic acids is 1. The van der Waals surface area contributed by atoms with Crippen LogP contribution in [-0.2, 0) is 9.59 Å². The average molecular weight is 231 g/mol. The van der Waals surface area contributed by atoms with E-state index >= 15 is 0 Å². The summed E-state index contributed by atoms with van der Waals surface area (Å²) in [6, 6.07) is 7.22. The highest BCUT2D eigenvalue weighted by Gasteiger charge is 2.06. The number of nitrogens with one attached hydrogen (secondary N) is 1. The van der Waals surface area contributed by atoms with Gasteiger partial charge in [0.15, 0.2) is 0 Å². The van der Waals surface area contributed by atoms with Crippen molar-refractivity contribution < 1.29 is 19.1 Å². The van der Waals surface area contributed by atoms with Gasteiger partial charge in [-0.2, -0.15) is 0 Å². The van der Waals surface area contributed by atoms with Crippen LogP contribution in [0.4, 0.5) is 5.69 Å². The molecule has 86 valence electrons. The number of hydrogen-bond acceptors (Lipinski definition) is 3. The highest BCUT2D eigenvalue weighted by molar-refractivity contribution is 6.06. The number of furan rings is 1. The van der Waals surface area contributed by atoms with Crippen molar-refractivity contribution in [1.29, 1.82) is 0 Å². The second-order valence-corrected chi connectivity index (χ2v) is 3.31. The summed E-state index contributed by atoms with van der Waals surface area (Å²) < 4.78 is 5.22. The average Bonchev–Trinajstić information content (AvgIpc) is 2.70. The summed E-state index contributed by atoms with van der Waals surface area (Å²) in [5, 5.41) is 11.7. The van der Waals surface area contributed by atoms with Gasteiger partial charge in [-0.15, -0.1) is 0 Å². The first-order valence-electron chi connectivity index (χ1n) is 4.85. The van der Waals surface area contributed by atoms with Gasteiger partial charge >= 0.3 is 5.97 Å². The third kappa shape index (κ3) is 2.52. The SMILES string of the molecule is O=C(O)/C=C/C(=O)Nc1coc2ccccc12. The van der Waals surface area contributed by atoms with Crippen LogP contribution in [0, 0.1) is 0 Å². The van der Waals surface area contributed by atoms with Gasteiger partial charge in [-0.05, 0) is 12.1 Å². The molecule has 0 bridgehead atoms. The highest BCUT2D eigenvalue weighted by Crippen LogP contribution is 2.25. The molecular weight excluding hydrogens is 222 g/mol. The fourth-order valence-corrected chi connectivity index (χ4v) is 1.40. The molecule has 0 unspecified atom stereocenters. The molecule has 17 heavy (non-hydrogen) atoms. The molecule has 0 fully saturated rings. The topological polar surface area (TPSA) is 79.5 Å². The summed E-state index contributed by atoms with van der Waals surface area (Å²) in [5.41, 5.74) is 1.17. The van der Waals surface area contributed by atoms with E-state index in [1.165, 1.54) is 6.26 Å². The smallest absolute Gasteiger partial charge is 0.328 e. The number of fused-ring (bicyclic) bond motifs is 1. The largest absolute Gasteiger partial charge is 0.478 e. The molecule has 0 aliphatic carbocycles. The molecule has 1 aromatic heterocycles. The first-order chi connectivity index (χ1) is 8.16. The van der Waals surface area contributed by atoms with E-state index in [4.69, 9.17) is 9.52 Å². The lowest BCUT2D eigenvalue weighted by molar-refractivity contribution is -0.131. The number of carboxylic acid groups (broad SMARTS) is 1. The van der Waals surface area contributed by atoms with Crippen molar-refractivity contribution in [3.63, 3.8) is 0 Å². The molecule has 1 aromatic carbocycles. The minimum Gasteiger partial charge on any atom is -0.478 e. The summed E-state index contributed by atoms with van der Waals surface area (Å²) in [7, 11) is 0. The fourth-order valence-electron chi connectivity index (χ4n) is 1.40. The van der Waals surface area contributed by atoms with Gasteiger partial charge in [0.05, 0.1) is 5.69 Å². The molecule has 2 rings (SSSR count). The van der Waals surface area contributed by atoms with Gasteiger partial charge in [0.2, 0.25) is 5.91 Å². The standard InChI is InChI=1S/C12H9NO4/c14-11(5-6-12(15)16)13-9-7-17-10-4-2-1-3-8(9)10/h1-7H,(H,13,14)(H,15,16)/b6-5+. The second kappa shape index (κ2) is 4.52. The van der Waals surface area contributed by atoms with Gasteiger partial charge in [-0.25, -0.2) is 4.79 Å². The highest BCUT2D eigenvalue weighted by atomic mass is 16.4. The lowest BCUT2D eigenvalue weighted by Gasteiger charge is -1.97. The quantitative estimate of drug-likeness (QED) is 0.792. The number of anilines is 1. The molecule has 5 nitrogen and oxygen atoms in total. The summed E-state index contributed by atoms with van der Waals surface area (Å²) in [6.07, 6.45) is 3.14. The number of para-hydroxylation sites is 1. The van der Waals surface area contributed by atoms with Crippen LogP contribution in [0.25, 0.3) is 11.0 Å². The van der Waals surface area contributed by atoms with Gasteiger partial charge in [0.1, 0.15) is 11.8 Å². The summed E-state index contributed by atoms with van der Waals surface area (Å²) in [5.74, 6) is -1.68. The van der Waals surface area contributed by atoms with Crippen LogP contribution in [0.15, 0.2) is 47.1 Å². The number of aliphatic carboxylic acids is 1. The van der Waals surface area contributed by atoms with E-state index in [1.54, 1.807) is 12.1 Å². The molecule has 0 atom stereocenters. The molecule has 0 saturated carbocycles. The number of carboxylic acids is 1. The minimum atomic E-state index is -1.17. The van der Waals surface area contributed by atoms with E-state index in [0.717, 1.165) is 17.5 Å². The monoisotopic (exact) mass is 231 g/mol. The van der Waals surface area contributed by atoms with Crippen LogP contribution < -0.4 is 5.32 Å². The van der Waals surface area contributed by atoms with Crippen LogP contribution in [-0.4, -0.2) is 17.0 Å². The van der Waals surface area contributed by atoms with Crippen molar-refractivity contribution in [2.45, 2.75) is 0 Å². The Labute approximate surface area is 96.3 Å². The van der Waals surface area contributed by atoms with Crippen molar-refractivity contribution >= 4 is 28.5 Å². The first kappa shape index (κ1) is 10.9. The molecule has 1 amide bonds. The molecule has 0 spiro atoms. The first-order valence-corrected chi connectivity index (χ1v) is 4.85. The van der Waals surface area contributed by atoms with Gasteiger partial charge in [0.25, 0.3) is 0 Å². The molecule has 0 saturated heterocycles. The Morgan fingerprint density at radius 3 is 2.76 bits per heavy atom. The third-order valence-electron chi connectivity index (χ3n) is 2.12. The van der Waals surface area contributed by atoms with Crippen molar-refractivity contribution in [2.75, 3.05) is 5.32 Å². The van der Waals surface area contributed by atoms with E-state index in [2.05, 4.69) is 5.32 Å². The van der Waals surface area contributed by atoms with Crippen molar-refractivity contribution in [3.05, 3.63) is 42.7 Å². The maximum Gasteiger partial charge on any atom is 0.328 e. The number of benzene rings is 1. The number of carbonyl (C=O) groups is 2. The Kier molecular flexibility index (Phi) is 2.91. The lowest BCUT2D eigenvalue weighted by atomic mass is 10.2. The molecule has 5 heteroatoms. The van der Waals surface area contributed by atoms with Crippen molar-refractivity contribution in [1.82, 2.24) is 0 Å². The molecule has 2 N–H and O–H groups in total. The van der Waals surface area contributed by atoms with E-state index in [-0.39, 0.29) is 0 Å². The minimum absolute atomic E-state index is 0.514. The predicted molar refractivity (Wildman–Crippen MR) is 61.6 cm³/mol. The van der Waals surface area contributed by atoms with E-state index in [9.17, 15) is 9.59 Å². The van der Waals surface area contributed by atoms with Crippen LogP contribution in [0.3, 0.4) is 0 Å². The summed E-state index contributed by atoms with van der Waals surface area (Å²) in [6.45, 7) is 0. The molecular formula is C12H9NO4. The second-order valence-electron chi connectivity index (χ2n) is 3.31. The molecule has 0 aliphatic heterocycles. The lowest BCUT2D eigenvalue weighted by Crippen LogP contribution is -2.08. The Hall–Kier alpha value is -2.56.